The van der Waals surface area contributed by atoms with Crippen LogP contribution in [0, 0.1) is 46.3 Å². The predicted octanol–water partition coefficient (Wildman–Crippen LogP) is 8.31. The summed E-state index contributed by atoms with van der Waals surface area (Å²) in [5.74, 6) is 5.53. The Bertz CT molecular complexity index is 662. The maximum atomic E-state index is 6.01. The molecule has 0 aromatic rings. The summed E-state index contributed by atoms with van der Waals surface area (Å²) in [5.41, 5.74) is 5.93. The number of rotatable bonds is 9. The van der Waals surface area contributed by atoms with Gasteiger partial charge in [-0.2, -0.15) is 0 Å². The second-order valence-electron chi connectivity index (χ2n) is 12.9. The Morgan fingerprint density at radius 3 is 2.62 bits per heavy atom. The van der Waals surface area contributed by atoms with E-state index in [0.717, 1.165) is 53.8 Å². The molecule has 3 saturated carbocycles. The van der Waals surface area contributed by atoms with Crippen LogP contribution in [0.4, 0.5) is 0 Å². The Morgan fingerprint density at radius 1 is 1.06 bits per heavy atom. The van der Waals surface area contributed by atoms with Crippen molar-refractivity contribution in [3.63, 3.8) is 0 Å². The van der Waals surface area contributed by atoms with Crippen molar-refractivity contribution < 1.29 is 4.84 Å². The topological polar surface area (TPSA) is 21.3 Å². The highest BCUT2D eigenvalue weighted by atomic mass is 79.9. The van der Waals surface area contributed by atoms with E-state index in [1.54, 1.807) is 5.57 Å². The third kappa shape index (κ3) is 4.78. The van der Waals surface area contributed by atoms with E-state index in [1.807, 2.05) is 0 Å². The number of nitrogens with one attached hydrogen (secondary N) is 1. The first kappa shape index (κ1) is 25.2. The maximum absolute atomic E-state index is 6.01. The second kappa shape index (κ2) is 10.4. The van der Waals surface area contributed by atoms with Gasteiger partial charge in [-0.1, -0.05) is 81.5 Å². The van der Waals surface area contributed by atoms with E-state index in [9.17, 15) is 0 Å². The smallest absolute Gasteiger partial charge is 0.0827 e. The van der Waals surface area contributed by atoms with Crippen LogP contribution in [0.1, 0.15) is 105 Å². The molecule has 1 unspecified atom stereocenters. The predicted molar refractivity (Wildman–Crippen MR) is 140 cm³/mol. The SMILES string of the molecule is CC(C)CCC[C@@H](C)[C@H]1CC[C@H]2[C@@H]3CC=C4CC(ONCCBr)CC[C@]4(C)[C@H]3CC[C@]12C. The minimum atomic E-state index is 0.362. The summed E-state index contributed by atoms with van der Waals surface area (Å²) in [5, 5.41) is 0.946. The van der Waals surface area contributed by atoms with E-state index in [1.165, 1.54) is 64.2 Å². The zero-order valence-electron chi connectivity index (χ0n) is 21.6. The van der Waals surface area contributed by atoms with Crippen molar-refractivity contribution in [1.29, 1.82) is 0 Å². The van der Waals surface area contributed by atoms with Crippen LogP contribution in [0.2, 0.25) is 0 Å². The second-order valence-corrected chi connectivity index (χ2v) is 13.6. The van der Waals surface area contributed by atoms with Gasteiger partial charge >= 0.3 is 0 Å². The Balaban J connectivity index is 1.42. The molecule has 8 atom stereocenters. The Morgan fingerprint density at radius 2 is 1.88 bits per heavy atom. The van der Waals surface area contributed by atoms with Gasteiger partial charge in [-0.25, -0.2) is 5.48 Å². The van der Waals surface area contributed by atoms with Crippen molar-refractivity contribution >= 4 is 15.9 Å². The molecule has 3 fully saturated rings. The molecule has 0 radical (unpaired) electrons. The fraction of sp³-hybridized carbons (Fsp3) is 0.931. The zero-order chi connectivity index (χ0) is 22.9. The maximum Gasteiger partial charge on any atom is 0.0827 e. The van der Waals surface area contributed by atoms with Gasteiger partial charge in [-0.3, -0.25) is 4.84 Å². The van der Waals surface area contributed by atoms with E-state index in [-0.39, 0.29) is 0 Å². The lowest BCUT2D eigenvalue weighted by Gasteiger charge is -2.58. The normalized spacial score (nSPS) is 42.2. The lowest BCUT2D eigenvalue weighted by atomic mass is 9.47. The average Bonchev–Trinajstić information content (AvgIpc) is 3.11. The standard InChI is InChI=1S/C29H50BrNO/c1-20(2)7-6-8-21(3)25-11-12-26-24-10-9-22-19-23(32-31-18-17-30)13-15-28(22,4)27(24)14-16-29(25,26)5/h9,20-21,23-27,31H,6-8,10-19H2,1-5H3/t21-,23?,24+,25-,26+,27+,28+,29-/m1/s1. The van der Waals surface area contributed by atoms with Crippen molar-refractivity contribution in [2.75, 3.05) is 11.9 Å². The monoisotopic (exact) mass is 507 g/mol. The molecule has 4 rings (SSSR count). The highest BCUT2D eigenvalue weighted by molar-refractivity contribution is 9.09. The molecular weight excluding hydrogens is 458 g/mol. The van der Waals surface area contributed by atoms with Crippen LogP contribution in [0.5, 0.6) is 0 Å². The summed E-state index contributed by atoms with van der Waals surface area (Å²) < 4.78 is 0. The van der Waals surface area contributed by atoms with E-state index in [2.05, 4.69) is 62.1 Å². The number of allylic oxidation sites excluding steroid dienone is 1. The largest absolute Gasteiger partial charge is 0.298 e. The van der Waals surface area contributed by atoms with Gasteiger partial charge in [0.25, 0.3) is 0 Å². The molecule has 0 heterocycles. The molecule has 0 bridgehead atoms. The third-order valence-electron chi connectivity index (χ3n) is 10.7. The molecule has 3 heteroatoms. The van der Waals surface area contributed by atoms with Gasteiger partial charge < -0.3 is 0 Å². The van der Waals surface area contributed by atoms with Crippen LogP contribution in [0.3, 0.4) is 0 Å². The number of alkyl halides is 1. The van der Waals surface area contributed by atoms with E-state index in [0.29, 0.717) is 16.9 Å². The van der Waals surface area contributed by atoms with Gasteiger partial charge in [0.2, 0.25) is 0 Å². The Hall–Kier alpha value is 0.140. The van der Waals surface area contributed by atoms with Crippen LogP contribution in [-0.2, 0) is 4.84 Å². The average molecular weight is 509 g/mol. The lowest BCUT2D eigenvalue weighted by molar-refractivity contribution is -0.0792. The number of fused-ring (bicyclic) bond motifs is 5. The molecule has 0 aromatic heterocycles. The van der Waals surface area contributed by atoms with Crippen molar-refractivity contribution in [3.05, 3.63) is 11.6 Å². The van der Waals surface area contributed by atoms with Crippen LogP contribution in [0.25, 0.3) is 0 Å². The molecule has 1 N–H and O–H groups in total. The summed E-state index contributed by atoms with van der Waals surface area (Å²) in [6.45, 7) is 13.6. The lowest BCUT2D eigenvalue weighted by Crippen LogP contribution is -2.51. The molecule has 0 aliphatic heterocycles. The van der Waals surface area contributed by atoms with Crippen molar-refractivity contribution in [2.24, 2.45) is 46.3 Å². The van der Waals surface area contributed by atoms with Gasteiger partial charge in [-0.15, -0.1) is 0 Å². The Labute approximate surface area is 207 Å². The summed E-state index contributed by atoms with van der Waals surface area (Å²) in [4.78, 5) is 6.01. The highest BCUT2D eigenvalue weighted by Crippen LogP contribution is 2.67. The number of hydrogen-bond donors (Lipinski definition) is 1. The van der Waals surface area contributed by atoms with E-state index in [4.69, 9.17) is 4.84 Å². The molecule has 0 aromatic carbocycles. The van der Waals surface area contributed by atoms with Crippen LogP contribution in [-0.4, -0.2) is 18.0 Å². The Kier molecular flexibility index (Phi) is 8.21. The molecule has 2 nitrogen and oxygen atoms in total. The van der Waals surface area contributed by atoms with Crippen LogP contribution < -0.4 is 5.48 Å². The summed E-state index contributed by atoms with van der Waals surface area (Å²) in [7, 11) is 0. The quantitative estimate of drug-likeness (QED) is 0.146. The van der Waals surface area contributed by atoms with Crippen molar-refractivity contribution in [2.45, 2.75) is 111 Å². The number of hydrogen-bond acceptors (Lipinski definition) is 2. The molecular formula is C29H50BrNO. The highest BCUT2D eigenvalue weighted by Gasteiger charge is 2.59. The van der Waals surface area contributed by atoms with Gasteiger partial charge in [0.15, 0.2) is 0 Å². The van der Waals surface area contributed by atoms with Gasteiger partial charge in [0.1, 0.15) is 0 Å². The molecule has 184 valence electrons. The van der Waals surface area contributed by atoms with Crippen LogP contribution >= 0.6 is 15.9 Å². The number of hydroxylamine groups is 1. The third-order valence-corrected chi connectivity index (χ3v) is 11.1. The molecule has 4 aliphatic carbocycles. The summed E-state index contributed by atoms with van der Waals surface area (Å²) >= 11 is 3.48. The van der Waals surface area contributed by atoms with Crippen molar-refractivity contribution in [1.82, 2.24) is 5.48 Å². The van der Waals surface area contributed by atoms with Gasteiger partial charge in [0, 0.05) is 11.9 Å². The minimum absolute atomic E-state index is 0.362. The molecule has 32 heavy (non-hydrogen) atoms. The first-order chi connectivity index (χ1) is 15.3. The zero-order valence-corrected chi connectivity index (χ0v) is 23.2. The fourth-order valence-electron chi connectivity index (χ4n) is 8.97. The molecule has 0 spiro atoms. The fourth-order valence-corrected chi connectivity index (χ4v) is 9.13. The molecule has 0 saturated heterocycles. The van der Waals surface area contributed by atoms with E-state index < -0.39 is 0 Å². The number of halogens is 1. The van der Waals surface area contributed by atoms with Crippen molar-refractivity contribution in [3.8, 4) is 0 Å². The first-order valence-electron chi connectivity index (χ1n) is 13.9. The van der Waals surface area contributed by atoms with Crippen LogP contribution in [0.15, 0.2) is 11.6 Å². The van der Waals surface area contributed by atoms with E-state index >= 15 is 0 Å². The van der Waals surface area contributed by atoms with Gasteiger partial charge in [-0.05, 0) is 97.7 Å². The summed E-state index contributed by atoms with van der Waals surface area (Å²) in [6, 6.07) is 0. The summed E-state index contributed by atoms with van der Waals surface area (Å²) in [6.07, 6.45) is 18.3. The first-order valence-corrected chi connectivity index (χ1v) is 15.1. The molecule has 4 aliphatic rings. The van der Waals surface area contributed by atoms with Gasteiger partial charge in [0.05, 0.1) is 6.10 Å². The minimum Gasteiger partial charge on any atom is -0.298 e. The molecule has 0 amide bonds.